The number of nitrogens with zero attached hydrogens (tertiary/aromatic N) is 1. The summed E-state index contributed by atoms with van der Waals surface area (Å²) in [5.74, 6) is 3.48. The monoisotopic (exact) mass is 137 g/mol. The summed E-state index contributed by atoms with van der Waals surface area (Å²) in [6.45, 7) is 1.40. The summed E-state index contributed by atoms with van der Waals surface area (Å²) in [6, 6.07) is 1.02. The van der Waals surface area contributed by atoms with Crippen molar-refractivity contribution in [3.63, 3.8) is 0 Å². The van der Waals surface area contributed by atoms with Gasteiger partial charge in [-0.25, -0.2) is 0 Å². The van der Waals surface area contributed by atoms with Crippen molar-refractivity contribution in [3.8, 4) is 0 Å². The normalized spacial score (nSPS) is 63.9. The van der Waals surface area contributed by atoms with Crippen LogP contribution in [0.2, 0.25) is 0 Å². The molecule has 1 nitrogen and oxygen atoms in total. The SMILES string of the molecule is CN1CC1C1CC2CCC21. The van der Waals surface area contributed by atoms with Gasteiger partial charge in [0.1, 0.15) is 0 Å². The zero-order valence-corrected chi connectivity index (χ0v) is 6.59. The first-order valence-electron chi connectivity index (χ1n) is 4.56. The molecule has 0 spiro atoms. The van der Waals surface area contributed by atoms with E-state index in [-0.39, 0.29) is 0 Å². The Morgan fingerprint density at radius 3 is 2.30 bits per heavy atom. The second-order valence-electron chi connectivity index (χ2n) is 4.41. The highest BCUT2D eigenvalue weighted by atomic mass is 15.3. The minimum Gasteiger partial charge on any atom is -0.300 e. The molecule has 3 rings (SSSR count). The van der Waals surface area contributed by atoms with E-state index in [1.54, 1.807) is 19.3 Å². The fraction of sp³-hybridized carbons (Fsp3) is 1.00. The molecule has 0 aromatic carbocycles. The highest BCUT2D eigenvalue weighted by Crippen LogP contribution is 2.57. The first-order valence-corrected chi connectivity index (χ1v) is 4.56. The Kier molecular flexibility index (Phi) is 0.883. The van der Waals surface area contributed by atoms with E-state index in [9.17, 15) is 0 Å². The second-order valence-corrected chi connectivity index (χ2v) is 4.41. The van der Waals surface area contributed by atoms with Crippen LogP contribution in [-0.4, -0.2) is 24.5 Å². The van der Waals surface area contributed by atoms with Crippen LogP contribution < -0.4 is 0 Å². The van der Waals surface area contributed by atoms with Crippen molar-refractivity contribution in [2.24, 2.45) is 17.8 Å². The quantitative estimate of drug-likeness (QED) is 0.493. The highest BCUT2D eigenvalue weighted by Gasteiger charge is 2.54. The maximum atomic E-state index is 2.50. The van der Waals surface area contributed by atoms with Crippen LogP contribution in [0.5, 0.6) is 0 Å². The van der Waals surface area contributed by atoms with E-state index >= 15 is 0 Å². The fourth-order valence-corrected chi connectivity index (χ4v) is 2.93. The molecule has 1 saturated heterocycles. The molecule has 1 heteroatoms. The third kappa shape index (κ3) is 0.531. The van der Waals surface area contributed by atoms with Gasteiger partial charge in [-0.05, 0) is 44.1 Å². The van der Waals surface area contributed by atoms with Crippen molar-refractivity contribution in [2.75, 3.05) is 13.6 Å². The molecule has 2 aliphatic carbocycles. The van der Waals surface area contributed by atoms with Gasteiger partial charge in [-0.1, -0.05) is 0 Å². The molecule has 0 amide bonds. The van der Waals surface area contributed by atoms with E-state index in [4.69, 9.17) is 0 Å². The number of hydrogen-bond donors (Lipinski definition) is 0. The van der Waals surface area contributed by atoms with Crippen LogP contribution in [0.1, 0.15) is 19.3 Å². The van der Waals surface area contributed by atoms with Gasteiger partial charge in [-0.3, -0.25) is 0 Å². The highest BCUT2D eigenvalue weighted by molar-refractivity contribution is 5.06. The molecule has 10 heavy (non-hydrogen) atoms. The lowest BCUT2D eigenvalue weighted by molar-refractivity contribution is -0.0305. The van der Waals surface area contributed by atoms with E-state index < -0.39 is 0 Å². The topological polar surface area (TPSA) is 3.01 Å². The Morgan fingerprint density at radius 1 is 1.20 bits per heavy atom. The van der Waals surface area contributed by atoms with Gasteiger partial charge in [0, 0.05) is 12.6 Å². The summed E-state index contributed by atoms with van der Waals surface area (Å²) in [5, 5.41) is 0. The molecule has 3 aliphatic rings. The average molecular weight is 137 g/mol. The van der Waals surface area contributed by atoms with Crippen molar-refractivity contribution in [3.05, 3.63) is 0 Å². The third-order valence-corrected chi connectivity index (χ3v) is 4.00. The zero-order valence-electron chi connectivity index (χ0n) is 6.59. The van der Waals surface area contributed by atoms with Crippen molar-refractivity contribution < 1.29 is 0 Å². The molecular formula is C9H15N. The van der Waals surface area contributed by atoms with Crippen LogP contribution in [0, 0.1) is 17.8 Å². The van der Waals surface area contributed by atoms with Crippen LogP contribution in [-0.2, 0) is 0 Å². The van der Waals surface area contributed by atoms with Crippen LogP contribution in [0.25, 0.3) is 0 Å². The zero-order chi connectivity index (χ0) is 6.72. The summed E-state index contributed by atoms with van der Waals surface area (Å²) in [6.07, 6.45) is 4.68. The molecule has 0 bridgehead atoms. The standard InChI is InChI=1S/C9H15N/c1-10-5-9(10)8-4-6-2-3-7(6)8/h6-9H,2-5H2,1H3. The summed E-state index contributed by atoms with van der Waals surface area (Å²) in [4.78, 5) is 2.50. The van der Waals surface area contributed by atoms with E-state index in [0.29, 0.717) is 0 Å². The first kappa shape index (κ1) is 5.59. The predicted molar refractivity (Wildman–Crippen MR) is 40.7 cm³/mol. The minimum atomic E-state index is 1.02. The Hall–Kier alpha value is -0.0400. The van der Waals surface area contributed by atoms with Crippen molar-refractivity contribution >= 4 is 0 Å². The average Bonchev–Trinajstić information content (AvgIpc) is 2.55. The molecule has 1 heterocycles. The maximum absolute atomic E-state index is 2.50. The van der Waals surface area contributed by atoms with Crippen molar-refractivity contribution in [1.29, 1.82) is 0 Å². The van der Waals surface area contributed by atoms with Gasteiger partial charge < -0.3 is 4.90 Å². The van der Waals surface area contributed by atoms with Crippen LogP contribution in [0.3, 0.4) is 0 Å². The van der Waals surface area contributed by atoms with Gasteiger partial charge in [0.15, 0.2) is 0 Å². The van der Waals surface area contributed by atoms with Crippen molar-refractivity contribution in [1.82, 2.24) is 4.90 Å². The summed E-state index contributed by atoms with van der Waals surface area (Å²) < 4.78 is 0. The smallest absolute Gasteiger partial charge is 0.0251 e. The molecule has 5 unspecified atom stereocenters. The van der Waals surface area contributed by atoms with E-state index in [1.807, 2.05) is 0 Å². The molecule has 1 aliphatic heterocycles. The van der Waals surface area contributed by atoms with E-state index in [0.717, 1.165) is 12.0 Å². The van der Waals surface area contributed by atoms with E-state index in [1.165, 1.54) is 18.4 Å². The Morgan fingerprint density at radius 2 is 2.00 bits per heavy atom. The van der Waals surface area contributed by atoms with Gasteiger partial charge in [-0.15, -0.1) is 0 Å². The molecule has 0 radical (unpaired) electrons. The van der Waals surface area contributed by atoms with Gasteiger partial charge in [-0.2, -0.15) is 0 Å². The number of rotatable bonds is 1. The molecule has 0 aromatic heterocycles. The van der Waals surface area contributed by atoms with Gasteiger partial charge in [0.2, 0.25) is 0 Å². The summed E-state index contributed by atoms with van der Waals surface area (Å²) in [5.41, 5.74) is 0. The molecule has 3 fully saturated rings. The fourth-order valence-electron chi connectivity index (χ4n) is 2.93. The molecule has 2 saturated carbocycles. The number of fused-ring (bicyclic) bond motifs is 1. The van der Waals surface area contributed by atoms with Gasteiger partial charge >= 0.3 is 0 Å². The number of hydrogen-bond acceptors (Lipinski definition) is 1. The number of likely N-dealkylation sites (N-methyl/N-ethyl adjacent to an activating group) is 1. The largest absolute Gasteiger partial charge is 0.300 e. The lowest BCUT2D eigenvalue weighted by Gasteiger charge is -2.53. The lowest BCUT2D eigenvalue weighted by atomic mass is 9.52. The predicted octanol–water partition coefficient (Wildman–Crippen LogP) is 1.35. The molecule has 5 atom stereocenters. The maximum Gasteiger partial charge on any atom is 0.0251 e. The Bertz CT molecular complexity index is 162. The van der Waals surface area contributed by atoms with Crippen LogP contribution in [0.4, 0.5) is 0 Å². The third-order valence-electron chi connectivity index (χ3n) is 4.00. The Balaban J connectivity index is 1.65. The lowest BCUT2D eigenvalue weighted by Crippen LogP contribution is -2.47. The minimum absolute atomic E-state index is 1.02. The van der Waals surface area contributed by atoms with Crippen LogP contribution in [0.15, 0.2) is 0 Å². The summed E-state index contributed by atoms with van der Waals surface area (Å²) in [7, 11) is 2.26. The van der Waals surface area contributed by atoms with E-state index in [2.05, 4.69) is 11.9 Å². The second kappa shape index (κ2) is 1.58. The summed E-state index contributed by atoms with van der Waals surface area (Å²) >= 11 is 0. The molecule has 0 aromatic rings. The molecule has 56 valence electrons. The first-order chi connectivity index (χ1) is 4.86. The van der Waals surface area contributed by atoms with Crippen molar-refractivity contribution in [2.45, 2.75) is 25.3 Å². The van der Waals surface area contributed by atoms with Gasteiger partial charge in [0.25, 0.3) is 0 Å². The molecular weight excluding hydrogens is 122 g/mol. The molecule has 0 N–H and O–H groups in total. The Labute approximate surface area is 62.4 Å². The van der Waals surface area contributed by atoms with Gasteiger partial charge in [0.05, 0.1) is 0 Å². The van der Waals surface area contributed by atoms with Crippen LogP contribution >= 0.6 is 0 Å².